The molecule has 0 bridgehead atoms. The van der Waals surface area contributed by atoms with E-state index in [9.17, 15) is 44.7 Å². The average Bonchev–Trinajstić information content (AvgIpc) is 3.26. The first-order chi connectivity index (χ1) is 30.4. The van der Waals surface area contributed by atoms with Crippen molar-refractivity contribution in [3.05, 3.63) is 130 Å². The lowest BCUT2D eigenvalue weighted by Gasteiger charge is -2.53. The summed E-state index contributed by atoms with van der Waals surface area (Å²) in [4.78, 5) is 54.9. The number of hydrogen-bond donors (Lipinski definition) is 6. The maximum atomic E-state index is 14.4. The van der Waals surface area contributed by atoms with Crippen molar-refractivity contribution in [3.63, 3.8) is 0 Å². The van der Waals surface area contributed by atoms with E-state index in [-0.39, 0.29) is 29.9 Å². The molecule has 7 N–H and O–H groups in total. The summed E-state index contributed by atoms with van der Waals surface area (Å²) in [5, 5.41) is 62.3. The molecule has 1 saturated carbocycles. The van der Waals surface area contributed by atoms with Gasteiger partial charge in [0.15, 0.2) is 11.4 Å². The maximum absolute atomic E-state index is 14.4. The third-order valence-electron chi connectivity index (χ3n) is 13.8. The fourth-order valence-corrected chi connectivity index (χ4v) is 14.7. The van der Waals surface area contributed by atoms with Crippen LogP contribution in [0.2, 0.25) is 0 Å². The zero-order chi connectivity index (χ0) is 46.4. The van der Waals surface area contributed by atoms with Gasteiger partial charge in [0.25, 0.3) is 5.91 Å². The standard InChI is InChI=1S/C51H57N2O10P/c1-28-11-20-34(21-12-28)64(35-22-13-29(2)14-23-35,36-24-18-33(63-6)19-25-36)27-9-7-8-10-32(54)17-15-31-16-26-37-30(3)38-40(45(56)39(37)44(31)55)48(59)51(62)42(46(38)57)43(53(4)5)47(58)41(49(51)60)50(52)61/h11-14,16,18-26,30,38,42-43,46,57,62H,7-10,15,17,27H2,1-6H3,(H4-,52,55,56,58,59,60,61)/p+1/t30-,38+,42+,43-,46-,51-/m0/s1. The second-order valence-electron chi connectivity index (χ2n) is 17.8. The summed E-state index contributed by atoms with van der Waals surface area (Å²) in [6, 6.07) is 28.0. The van der Waals surface area contributed by atoms with Crippen molar-refractivity contribution in [1.29, 1.82) is 0 Å². The van der Waals surface area contributed by atoms with Gasteiger partial charge in [0, 0.05) is 24.3 Å². The van der Waals surface area contributed by atoms with Gasteiger partial charge in [-0.15, -0.1) is 0 Å². The predicted molar refractivity (Wildman–Crippen MR) is 248 cm³/mol. The zero-order valence-corrected chi connectivity index (χ0v) is 38.1. The number of nitrogens with zero attached hydrogens (tertiary/aromatic N) is 1. The Hall–Kier alpha value is -5.65. The maximum Gasteiger partial charge on any atom is 0.255 e. The Morgan fingerprint density at radius 1 is 0.812 bits per heavy atom. The van der Waals surface area contributed by atoms with Crippen molar-refractivity contribution in [3.8, 4) is 11.5 Å². The predicted octanol–water partition coefficient (Wildman–Crippen LogP) is 5.18. The molecule has 0 aromatic heterocycles. The van der Waals surface area contributed by atoms with Crippen molar-refractivity contribution in [2.75, 3.05) is 27.4 Å². The van der Waals surface area contributed by atoms with Crippen LogP contribution in [0.25, 0.3) is 5.76 Å². The van der Waals surface area contributed by atoms with Gasteiger partial charge in [-0.2, -0.15) is 0 Å². The van der Waals surface area contributed by atoms with Crippen LogP contribution in [0.3, 0.4) is 0 Å². The number of carbonyl (C=O) groups excluding carboxylic acids is 4. The fraction of sp³-hybridized carbons (Fsp3) is 0.373. The fourth-order valence-electron chi connectivity index (χ4n) is 10.4. The minimum absolute atomic E-state index is 0.00932. The normalized spacial score (nSPS) is 23.2. The molecule has 336 valence electrons. The third-order valence-corrected chi connectivity index (χ3v) is 18.3. The summed E-state index contributed by atoms with van der Waals surface area (Å²) in [6.07, 6.45) is 2.23. The quantitative estimate of drug-likeness (QED) is 0.0521. The lowest BCUT2D eigenvalue weighted by atomic mass is 9.54. The summed E-state index contributed by atoms with van der Waals surface area (Å²) < 4.78 is 5.51. The van der Waals surface area contributed by atoms with Gasteiger partial charge in [0.1, 0.15) is 57.5 Å². The van der Waals surface area contributed by atoms with Gasteiger partial charge in [-0.05, 0) is 119 Å². The van der Waals surface area contributed by atoms with Crippen LogP contribution in [-0.2, 0) is 25.6 Å². The number of phenolic OH excluding ortho intramolecular Hbond substituents is 1. The number of methoxy groups -OCH3 is 1. The van der Waals surface area contributed by atoms with E-state index in [4.69, 9.17) is 10.5 Å². The molecule has 0 saturated heterocycles. The number of aromatic hydroxyl groups is 1. The molecule has 0 spiro atoms. The zero-order valence-electron chi connectivity index (χ0n) is 37.2. The van der Waals surface area contributed by atoms with Crippen LogP contribution in [0.1, 0.15) is 72.8 Å². The van der Waals surface area contributed by atoms with Crippen LogP contribution in [0, 0.1) is 25.7 Å². The van der Waals surface area contributed by atoms with Crippen LogP contribution < -0.4 is 26.4 Å². The van der Waals surface area contributed by atoms with E-state index < -0.39 is 82.9 Å². The molecule has 0 aliphatic heterocycles. The monoisotopic (exact) mass is 889 g/mol. The minimum atomic E-state index is -3.00. The Morgan fingerprint density at radius 2 is 1.38 bits per heavy atom. The molecule has 6 atom stereocenters. The van der Waals surface area contributed by atoms with E-state index in [2.05, 4.69) is 74.5 Å². The average molecular weight is 890 g/mol. The molecular weight excluding hydrogens is 832 g/mol. The number of carbonyl (C=O) groups is 4. The SMILES string of the molecule is COc1ccc([P+](CCCCCC(=O)CCc2ccc3c(c2O)C(O)=C2C(=O)[C@]4(O)C(O)=C(C(N)=O)C(=O)[C@@H](N(C)C)[C@@H]4[C@@H](O)[C@@H]2[C@H]3C)(c2ccc(C)cc2)c2ccc(C)cc2)cc1. The summed E-state index contributed by atoms with van der Waals surface area (Å²) in [5.74, 6) is -8.62. The van der Waals surface area contributed by atoms with Crippen molar-refractivity contribution >= 4 is 52.2 Å². The highest BCUT2D eigenvalue weighted by molar-refractivity contribution is 7.95. The Balaban J connectivity index is 1.08. The molecule has 3 aliphatic carbocycles. The number of ketones is 3. The number of hydrogen-bond acceptors (Lipinski definition) is 11. The van der Waals surface area contributed by atoms with Crippen LogP contribution >= 0.6 is 7.26 Å². The number of phenols is 1. The lowest BCUT2D eigenvalue weighted by molar-refractivity contribution is -0.169. The van der Waals surface area contributed by atoms with Gasteiger partial charge >= 0.3 is 0 Å². The van der Waals surface area contributed by atoms with E-state index in [0.29, 0.717) is 24.0 Å². The smallest absolute Gasteiger partial charge is 0.255 e. The van der Waals surface area contributed by atoms with E-state index in [1.807, 2.05) is 12.1 Å². The molecule has 13 heteroatoms. The summed E-state index contributed by atoms with van der Waals surface area (Å²) in [7, 11) is 2.49. The number of unbranched alkanes of at least 4 members (excludes halogenated alkanes) is 2. The van der Waals surface area contributed by atoms with Crippen LogP contribution in [-0.4, -0.2) is 98.8 Å². The van der Waals surface area contributed by atoms with E-state index in [0.717, 1.165) is 24.8 Å². The highest BCUT2D eigenvalue weighted by Gasteiger charge is 2.68. The number of aliphatic hydroxyl groups is 4. The molecule has 4 aromatic carbocycles. The molecule has 0 heterocycles. The summed E-state index contributed by atoms with van der Waals surface area (Å²) in [6.45, 7) is 5.86. The summed E-state index contributed by atoms with van der Waals surface area (Å²) in [5.41, 5.74) is 4.05. The first-order valence-corrected chi connectivity index (χ1v) is 23.7. The van der Waals surface area contributed by atoms with Crippen LogP contribution in [0.15, 0.2) is 102 Å². The van der Waals surface area contributed by atoms with Crippen molar-refractivity contribution in [1.82, 2.24) is 4.90 Å². The topological polar surface area (TPSA) is 208 Å². The number of amides is 1. The second kappa shape index (κ2) is 18.1. The number of benzene rings is 4. The highest BCUT2D eigenvalue weighted by Crippen LogP contribution is 2.58. The first kappa shape index (κ1) is 46.3. The van der Waals surface area contributed by atoms with Gasteiger partial charge in [-0.3, -0.25) is 24.1 Å². The molecular formula is C51H58N2O10P+. The molecule has 0 unspecified atom stereocenters. The Bertz CT molecular complexity index is 2500. The number of aryl methyl sites for hydroxylation is 3. The number of primary amides is 1. The van der Waals surface area contributed by atoms with Crippen molar-refractivity contribution < 1.29 is 49.4 Å². The number of fused-ring (bicyclic) bond motifs is 3. The number of likely N-dealkylation sites (N-methyl/N-ethyl adjacent to an activating group) is 1. The largest absolute Gasteiger partial charge is 0.508 e. The summed E-state index contributed by atoms with van der Waals surface area (Å²) >= 11 is 0. The molecule has 1 fully saturated rings. The second-order valence-corrected chi connectivity index (χ2v) is 21.5. The highest BCUT2D eigenvalue weighted by atomic mass is 31.2. The Kier molecular flexibility index (Phi) is 13.1. The first-order valence-electron chi connectivity index (χ1n) is 21.8. The molecule has 12 nitrogen and oxygen atoms in total. The molecule has 0 radical (unpaired) electrons. The number of ether oxygens (including phenoxy) is 1. The number of Topliss-reactive ketones (excluding diaryl/α,β-unsaturated/α-hetero) is 3. The molecule has 64 heavy (non-hydrogen) atoms. The van der Waals surface area contributed by atoms with Gasteiger partial charge in [-0.25, -0.2) is 0 Å². The lowest BCUT2D eigenvalue weighted by Crippen LogP contribution is -2.70. The van der Waals surface area contributed by atoms with Gasteiger partial charge < -0.3 is 36.0 Å². The van der Waals surface area contributed by atoms with Gasteiger partial charge in [0.05, 0.1) is 36.9 Å². The van der Waals surface area contributed by atoms with Gasteiger partial charge in [-0.1, -0.05) is 54.4 Å². The van der Waals surface area contributed by atoms with Crippen molar-refractivity contribution in [2.45, 2.75) is 83.0 Å². The number of rotatable bonds is 15. The Morgan fingerprint density at radius 3 is 1.91 bits per heavy atom. The minimum Gasteiger partial charge on any atom is -0.508 e. The van der Waals surface area contributed by atoms with E-state index in [1.165, 1.54) is 46.0 Å². The number of aliphatic hydroxyl groups excluding tert-OH is 3. The van der Waals surface area contributed by atoms with Crippen LogP contribution in [0.4, 0.5) is 0 Å². The molecule has 3 aliphatic rings. The molecule has 7 rings (SSSR count). The molecule has 4 aromatic rings. The van der Waals surface area contributed by atoms with E-state index in [1.54, 1.807) is 26.2 Å². The van der Waals surface area contributed by atoms with Crippen LogP contribution in [0.5, 0.6) is 11.5 Å². The molecule has 1 amide bonds. The van der Waals surface area contributed by atoms with E-state index >= 15 is 0 Å². The third kappa shape index (κ3) is 7.74. The van der Waals surface area contributed by atoms with Crippen molar-refractivity contribution in [2.24, 2.45) is 17.6 Å². The van der Waals surface area contributed by atoms with Gasteiger partial charge in [0.2, 0.25) is 5.78 Å². The Labute approximate surface area is 374 Å². The number of nitrogens with two attached hydrogens (primary N) is 1.